The fraction of sp³-hybridized carbons (Fsp3) is 0.375. The second-order valence-corrected chi connectivity index (χ2v) is 5.30. The Labute approximate surface area is 125 Å². The Bertz CT molecular complexity index is 589. The van der Waals surface area contributed by atoms with Crippen LogP contribution in [0.15, 0.2) is 43.0 Å². The number of aromatic nitrogens is 2. The summed E-state index contributed by atoms with van der Waals surface area (Å²) in [6, 6.07) is 8.22. The highest BCUT2D eigenvalue weighted by molar-refractivity contribution is 5.88. The molecule has 0 aliphatic rings. The maximum absolute atomic E-state index is 11.0. The maximum Gasteiger partial charge on any atom is 0.243 e. The van der Waals surface area contributed by atoms with E-state index in [9.17, 15) is 4.79 Å². The summed E-state index contributed by atoms with van der Waals surface area (Å²) in [5, 5.41) is 6.27. The van der Waals surface area contributed by atoms with E-state index in [0.29, 0.717) is 0 Å². The molecule has 0 aliphatic carbocycles. The Morgan fingerprint density at radius 2 is 2.05 bits per heavy atom. The zero-order valence-electron chi connectivity index (χ0n) is 12.8. The van der Waals surface area contributed by atoms with Crippen LogP contribution in [-0.4, -0.2) is 17.0 Å². The number of carbonyl (C=O) groups is 1. The number of benzene rings is 1. The first kappa shape index (κ1) is 15.3. The predicted molar refractivity (Wildman–Crippen MR) is 82.8 cm³/mol. The van der Waals surface area contributed by atoms with Gasteiger partial charge in [-0.15, -0.1) is 0 Å². The standard InChI is InChI=1S/C16H22N4O/c1-13(17-8-9-20-11-10-19(3)12-20)15-4-6-16(7-5-15)18-14(2)21/h4-7,10-13,17H,8-9H2,1-3H3/p+1. The number of imidazole rings is 1. The number of amides is 1. The third-order valence-corrected chi connectivity index (χ3v) is 3.38. The molecule has 5 nitrogen and oxygen atoms in total. The molecule has 21 heavy (non-hydrogen) atoms. The number of nitrogens with zero attached hydrogens (tertiary/aromatic N) is 2. The van der Waals surface area contributed by atoms with E-state index in [1.165, 1.54) is 12.5 Å². The van der Waals surface area contributed by atoms with Crippen LogP contribution in [0.3, 0.4) is 0 Å². The number of hydrogen-bond acceptors (Lipinski definition) is 2. The van der Waals surface area contributed by atoms with Crippen LogP contribution in [0.5, 0.6) is 0 Å². The molecule has 2 aromatic rings. The molecule has 1 unspecified atom stereocenters. The van der Waals surface area contributed by atoms with Crippen molar-refractivity contribution in [3.05, 3.63) is 48.5 Å². The number of carbonyl (C=O) groups excluding carboxylic acids is 1. The Hall–Kier alpha value is -2.14. The van der Waals surface area contributed by atoms with Crippen molar-refractivity contribution in [3.8, 4) is 0 Å². The normalized spacial score (nSPS) is 12.1. The Balaban J connectivity index is 1.82. The third-order valence-electron chi connectivity index (χ3n) is 3.38. The van der Waals surface area contributed by atoms with E-state index in [0.717, 1.165) is 18.8 Å². The van der Waals surface area contributed by atoms with Gasteiger partial charge in [0, 0.05) is 25.2 Å². The molecule has 2 N–H and O–H groups in total. The van der Waals surface area contributed by atoms with Crippen LogP contribution in [0, 0.1) is 0 Å². The fourth-order valence-electron chi connectivity index (χ4n) is 2.22. The van der Waals surface area contributed by atoms with Gasteiger partial charge < -0.3 is 10.6 Å². The van der Waals surface area contributed by atoms with Crippen molar-refractivity contribution in [3.63, 3.8) is 0 Å². The first-order valence-corrected chi connectivity index (χ1v) is 7.16. The SMILES string of the molecule is CC(=O)Nc1ccc(C(C)NCCn2cc[n+](C)c2)cc1. The zero-order chi connectivity index (χ0) is 15.2. The zero-order valence-corrected chi connectivity index (χ0v) is 12.8. The van der Waals surface area contributed by atoms with Gasteiger partial charge in [-0.1, -0.05) is 12.1 Å². The largest absolute Gasteiger partial charge is 0.326 e. The third kappa shape index (κ3) is 4.72. The average Bonchev–Trinajstić information content (AvgIpc) is 2.84. The molecule has 1 atom stereocenters. The summed E-state index contributed by atoms with van der Waals surface area (Å²) in [5.74, 6) is -0.0474. The van der Waals surface area contributed by atoms with Gasteiger partial charge in [0.05, 0.1) is 7.05 Å². The second-order valence-electron chi connectivity index (χ2n) is 5.30. The van der Waals surface area contributed by atoms with Crippen LogP contribution in [0.4, 0.5) is 5.69 Å². The first-order valence-electron chi connectivity index (χ1n) is 7.16. The van der Waals surface area contributed by atoms with Gasteiger partial charge in [-0.2, -0.15) is 0 Å². The van der Waals surface area contributed by atoms with Gasteiger partial charge in [-0.3, -0.25) is 4.79 Å². The summed E-state index contributed by atoms with van der Waals surface area (Å²) in [6.07, 6.45) is 6.16. The highest BCUT2D eigenvalue weighted by Gasteiger charge is 2.06. The summed E-state index contributed by atoms with van der Waals surface area (Å²) in [7, 11) is 2.02. The molecule has 1 aromatic carbocycles. The lowest BCUT2D eigenvalue weighted by molar-refractivity contribution is -0.671. The van der Waals surface area contributed by atoms with Gasteiger partial charge in [-0.25, -0.2) is 9.13 Å². The van der Waals surface area contributed by atoms with Crippen molar-refractivity contribution < 1.29 is 9.36 Å². The van der Waals surface area contributed by atoms with Crippen molar-refractivity contribution >= 4 is 11.6 Å². The summed E-state index contributed by atoms with van der Waals surface area (Å²) >= 11 is 0. The summed E-state index contributed by atoms with van der Waals surface area (Å²) in [5.41, 5.74) is 2.04. The summed E-state index contributed by atoms with van der Waals surface area (Å²) in [4.78, 5) is 11.0. The minimum Gasteiger partial charge on any atom is -0.326 e. The summed E-state index contributed by atoms with van der Waals surface area (Å²) in [6.45, 7) is 5.50. The van der Waals surface area contributed by atoms with Crippen LogP contribution in [0.25, 0.3) is 0 Å². The molecule has 1 amide bonds. The molecule has 0 saturated carbocycles. The van der Waals surface area contributed by atoms with E-state index in [-0.39, 0.29) is 11.9 Å². The second kappa shape index (κ2) is 7.04. The minimum atomic E-state index is -0.0474. The van der Waals surface area contributed by atoms with Crippen molar-refractivity contribution in [2.45, 2.75) is 26.4 Å². The van der Waals surface area contributed by atoms with Crippen molar-refractivity contribution in [2.75, 3.05) is 11.9 Å². The van der Waals surface area contributed by atoms with Crippen LogP contribution >= 0.6 is 0 Å². The molecule has 0 aliphatic heterocycles. The lowest BCUT2D eigenvalue weighted by Crippen LogP contribution is -2.26. The smallest absolute Gasteiger partial charge is 0.243 e. The molecule has 0 saturated heterocycles. The summed E-state index contributed by atoms with van der Waals surface area (Å²) < 4.78 is 4.18. The molecular formula is C16H23N4O+. The quantitative estimate of drug-likeness (QED) is 0.793. The molecule has 0 fully saturated rings. The van der Waals surface area contributed by atoms with Crippen molar-refractivity contribution in [2.24, 2.45) is 7.05 Å². The van der Waals surface area contributed by atoms with Gasteiger partial charge in [0.25, 0.3) is 0 Å². The molecule has 112 valence electrons. The molecule has 1 aromatic heterocycles. The highest BCUT2D eigenvalue weighted by atomic mass is 16.1. The monoisotopic (exact) mass is 287 g/mol. The number of anilines is 1. The molecule has 2 rings (SSSR count). The van der Waals surface area contributed by atoms with E-state index < -0.39 is 0 Å². The van der Waals surface area contributed by atoms with Crippen LogP contribution < -0.4 is 15.2 Å². The van der Waals surface area contributed by atoms with Gasteiger partial charge in [0.15, 0.2) is 0 Å². The van der Waals surface area contributed by atoms with Crippen molar-refractivity contribution in [1.29, 1.82) is 0 Å². The first-order chi connectivity index (χ1) is 10.0. The Morgan fingerprint density at radius 1 is 1.33 bits per heavy atom. The minimum absolute atomic E-state index is 0.0474. The average molecular weight is 287 g/mol. The van der Waals surface area contributed by atoms with E-state index in [1.807, 2.05) is 42.1 Å². The highest BCUT2D eigenvalue weighted by Crippen LogP contribution is 2.15. The van der Waals surface area contributed by atoms with E-state index in [4.69, 9.17) is 0 Å². The van der Waals surface area contributed by atoms with Crippen LogP contribution in [0.2, 0.25) is 0 Å². The maximum atomic E-state index is 11.0. The number of rotatable bonds is 6. The lowest BCUT2D eigenvalue weighted by atomic mass is 10.1. The van der Waals surface area contributed by atoms with Gasteiger partial charge in [-0.05, 0) is 24.6 Å². The van der Waals surface area contributed by atoms with Gasteiger partial charge in [0.2, 0.25) is 12.2 Å². The van der Waals surface area contributed by atoms with Crippen LogP contribution in [-0.2, 0) is 18.4 Å². The topological polar surface area (TPSA) is 49.9 Å². The molecule has 1 heterocycles. The van der Waals surface area contributed by atoms with Gasteiger partial charge >= 0.3 is 0 Å². The predicted octanol–water partition coefficient (Wildman–Crippen LogP) is 1.62. The molecular weight excluding hydrogens is 264 g/mol. The number of hydrogen-bond donors (Lipinski definition) is 2. The Kier molecular flexibility index (Phi) is 5.11. The van der Waals surface area contributed by atoms with E-state index in [2.05, 4.69) is 34.6 Å². The molecule has 0 radical (unpaired) electrons. The molecule has 0 bridgehead atoms. The number of aryl methyl sites for hydroxylation is 1. The van der Waals surface area contributed by atoms with Crippen LogP contribution in [0.1, 0.15) is 25.5 Å². The van der Waals surface area contributed by atoms with Gasteiger partial charge in [0.1, 0.15) is 18.9 Å². The molecule has 5 heteroatoms. The van der Waals surface area contributed by atoms with Crippen molar-refractivity contribution in [1.82, 2.24) is 9.88 Å². The molecule has 0 spiro atoms. The number of nitrogens with one attached hydrogen (secondary N) is 2. The fourth-order valence-corrected chi connectivity index (χ4v) is 2.22. The lowest BCUT2D eigenvalue weighted by Gasteiger charge is -2.14. The van der Waals surface area contributed by atoms with E-state index in [1.54, 1.807) is 0 Å². The van der Waals surface area contributed by atoms with E-state index >= 15 is 0 Å². The Morgan fingerprint density at radius 3 is 2.62 bits per heavy atom.